The maximum atomic E-state index is 12.9. The van der Waals surface area contributed by atoms with Gasteiger partial charge in [0.25, 0.3) is 5.56 Å². The van der Waals surface area contributed by atoms with Crippen LogP contribution >= 0.6 is 0 Å². The van der Waals surface area contributed by atoms with Gasteiger partial charge in [-0.15, -0.1) is 3.89 Å². The first-order chi connectivity index (χ1) is 15.1. The number of ether oxygens (including phenoxy) is 2. The number of benzene rings is 1. The van der Waals surface area contributed by atoms with Crippen LogP contribution in [0, 0.1) is 0 Å². The van der Waals surface area contributed by atoms with Crippen molar-refractivity contribution in [3.63, 3.8) is 0 Å². The number of hydrogen-bond acceptors (Lipinski definition) is 11. The number of nitrogens with one attached hydrogen (secondary N) is 1. The molecule has 1 saturated heterocycles. The van der Waals surface area contributed by atoms with Crippen molar-refractivity contribution < 1.29 is 36.8 Å². The molecular weight excluding hydrogens is 453 g/mol. The van der Waals surface area contributed by atoms with E-state index >= 15 is 0 Å². The number of carbonyl (C=O) groups is 1. The molecule has 1 aromatic carbocycles. The van der Waals surface area contributed by atoms with E-state index in [1.807, 2.05) is 0 Å². The van der Waals surface area contributed by atoms with Gasteiger partial charge in [-0.1, -0.05) is 0 Å². The zero-order valence-electron chi connectivity index (χ0n) is 16.0. The quantitative estimate of drug-likeness (QED) is 0.259. The van der Waals surface area contributed by atoms with Crippen LogP contribution in [0.2, 0.25) is 0 Å². The fraction of sp³-hybridized carbons (Fsp3) is 0.294. The fourth-order valence-electron chi connectivity index (χ4n) is 3.22. The van der Waals surface area contributed by atoms with E-state index in [1.165, 1.54) is 10.9 Å². The normalized spacial score (nSPS) is 23.5. The second kappa shape index (κ2) is 7.94. The number of aliphatic hydroxyl groups is 2. The minimum atomic E-state index is -4.91. The summed E-state index contributed by atoms with van der Waals surface area (Å²) >= 11 is 0. The Morgan fingerprint density at radius 2 is 1.97 bits per heavy atom. The standard InChI is InChI=1S/C17H16FN5O8S/c18-32(28,29)8-3-1-7(2-4-8)16(27)30-5-9-11(24)12(25)15(31-9)23-6-20-10-13(23)21-17(19)22-14(10)26/h1-4,6,9,11-12,15,24-25H,5H2,(H3,19,21,22,26)/t9-,11-,12-,15-/m1/s1. The number of hydrogen-bond donors (Lipinski definition) is 4. The summed E-state index contributed by atoms with van der Waals surface area (Å²) in [7, 11) is -4.91. The monoisotopic (exact) mass is 469 g/mol. The molecule has 0 spiro atoms. The number of aromatic nitrogens is 4. The molecule has 0 unspecified atom stereocenters. The van der Waals surface area contributed by atoms with Gasteiger partial charge in [0, 0.05) is 0 Å². The number of aliphatic hydroxyl groups excluding tert-OH is 2. The number of anilines is 1. The van der Waals surface area contributed by atoms with Crippen molar-refractivity contribution in [2.45, 2.75) is 29.4 Å². The topological polar surface area (TPSA) is 200 Å². The van der Waals surface area contributed by atoms with Crippen molar-refractivity contribution in [1.29, 1.82) is 0 Å². The Morgan fingerprint density at radius 1 is 1.28 bits per heavy atom. The van der Waals surface area contributed by atoms with Gasteiger partial charge in [-0.05, 0) is 24.3 Å². The van der Waals surface area contributed by atoms with Crippen LogP contribution in [0.4, 0.5) is 9.83 Å². The third-order valence-electron chi connectivity index (χ3n) is 4.81. The maximum Gasteiger partial charge on any atom is 0.338 e. The molecule has 2 aromatic heterocycles. The molecule has 3 aromatic rings. The second-order valence-corrected chi connectivity index (χ2v) is 8.23. The Morgan fingerprint density at radius 3 is 2.62 bits per heavy atom. The molecule has 13 nitrogen and oxygen atoms in total. The van der Waals surface area contributed by atoms with Gasteiger partial charge in [-0.25, -0.2) is 9.78 Å². The highest BCUT2D eigenvalue weighted by Gasteiger charge is 2.45. The lowest BCUT2D eigenvalue weighted by atomic mass is 10.1. The summed E-state index contributed by atoms with van der Waals surface area (Å²) in [4.78, 5) is 33.6. The van der Waals surface area contributed by atoms with Crippen LogP contribution in [0.15, 0.2) is 40.3 Å². The van der Waals surface area contributed by atoms with E-state index in [9.17, 15) is 32.1 Å². The molecule has 32 heavy (non-hydrogen) atoms. The maximum absolute atomic E-state index is 12.9. The molecular formula is C17H16FN5O8S. The molecule has 1 aliphatic rings. The minimum absolute atomic E-state index is 0.0167. The van der Waals surface area contributed by atoms with Crippen LogP contribution in [0.5, 0.6) is 0 Å². The third-order valence-corrected chi connectivity index (χ3v) is 5.65. The Bertz CT molecular complexity index is 1340. The number of nitrogens with zero attached hydrogens (tertiary/aromatic N) is 3. The van der Waals surface area contributed by atoms with Gasteiger partial charge < -0.3 is 25.4 Å². The lowest BCUT2D eigenvalue weighted by Gasteiger charge is -2.16. The summed E-state index contributed by atoms with van der Waals surface area (Å²) < 4.78 is 46.5. The van der Waals surface area contributed by atoms with E-state index < -0.39 is 57.8 Å². The molecule has 4 atom stereocenters. The van der Waals surface area contributed by atoms with Crippen LogP contribution in [-0.2, 0) is 19.7 Å². The zero-order valence-corrected chi connectivity index (χ0v) is 16.8. The van der Waals surface area contributed by atoms with Crippen molar-refractivity contribution in [2.24, 2.45) is 0 Å². The van der Waals surface area contributed by atoms with Crippen molar-refractivity contribution >= 4 is 33.3 Å². The molecule has 1 fully saturated rings. The minimum Gasteiger partial charge on any atom is -0.459 e. The third kappa shape index (κ3) is 3.93. The Labute approximate surface area is 178 Å². The SMILES string of the molecule is Nc1nc2c(ncn2[C@@H]2O[C@H](COC(=O)c3ccc(S(=O)(=O)F)cc3)[C@@H](O)[C@H]2O)c(=O)[nH]1. The summed E-state index contributed by atoms with van der Waals surface area (Å²) in [5.74, 6) is -1.08. The van der Waals surface area contributed by atoms with Gasteiger partial charge in [0.05, 0.1) is 16.8 Å². The average molecular weight is 469 g/mol. The van der Waals surface area contributed by atoms with Crippen molar-refractivity contribution in [3.8, 4) is 0 Å². The second-order valence-electron chi connectivity index (χ2n) is 6.88. The van der Waals surface area contributed by atoms with Crippen LogP contribution < -0.4 is 11.3 Å². The van der Waals surface area contributed by atoms with E-state index in [0.29, 0.717) is 0 Å². The van der Waals surface area contributed by atoms with Crippen LogP contribution in [0.25, 0.3) is 11.2 Å². The summed E-state index contributed by atoms with van der Waals surface area (Å²) in [5, 5.41) is 20.7. The van der Waals surface area contributed by atoms with E-state index in [1.54, 1.807) is 0 Å². The number of fused-ring (bicyclic) bond motifs is 1. The van der Waals surface area contributed by atoms with Crippen LogP contribution in [0.3, 0.4) is 0 Å². The van der Waals surface area contributed by atoms with Crippen molar-refractivity contribution in [1.82, 2.24) is 19.5 Å². The number of H-pyrrole nitrogens is 1. The number of halogens is 1. The highest BCUT2D eigenvalue weighted by molar-refractivity contribution is 7.86. The van der Waals surface area contributed by atoms with Gasteiger partial charge in [0.1, 0.15) is 24.9 Å². The number of aromatic amines is 1. The highest BCUT2D eigenvalue weighted by Crippen LogP contribution is 2.31. The van der Waals surface area contributed by atoms with E-state index in [0.717, 1.165) is 24.3 Å². The predicted octanol–water partition coefficient (Wildman–Crippen LogP) is -1.16. The first kappa shape index (κ1) is 21.8. The van der Waals surface area contributed by atoms with E-state index in [4.69, 9.17) is 15.2 Å². The molecule has 3 heterocycles. The van der Waals surface area contributed by atoms with E-state index in [2.05, 4.69) is 15.0 Å². The van der Waals surface area contributed by atoms with Gasteiger partial charge in [-0.2, -0.15) is 13.4 Å². The zero-order chi connectivity index (χ0) is 23.2. The van der Waals surface area contributed by atoms with E-state index in [-0.39, 0.29) is 22.7 Å². The molecule has 0 radical (unpaired) electrons. The van der Waals surface area contributed by atoms with Crippen LogP contribution in [-0.4, -0.2) is 69.0 Å². The smallest absolute Gasteiger partial charge is 0.338 e. The summed E-state index contributed by atoms with van der Waals surface area (Å²) in [6, 6.07) is 3.92. The molecule has 170 valence electrons. The highest BCUT2D eigenvalue weighted by atomic mass is 32.3. The first-order valence-corrected chi connectivity index (χ1v) is 10.4. The first-order valence-electron chi connectivity index (χ1n) is 9.02. The molecule has 0 amide bonds. The number of rotatable bonds is 5. The van der Waals surface area contributed by atoms with Gasteiger partial charge in [0.15, 0.2) is 17.4 Å². The molecule has 4 rings (SSSR count). The average Bonchev–Trinajstić information content (AvgIpc) is 3.27. The predicted molar refractivity (Wildman–Crippen MR) is 104 cm³/mol. The lowest BCUT2D eigenvalue weighted by molar-refractivity contribution is -0.0565. The number of carbonyl (C=O) groups excluding carboxylic acids is 1. The summed E-state index contributed by atoms with van der Waals surface area (Å²) in [6.07, 6.45) is -4.12. The number of nitrogen functional groups attached to an aromatic ring is 1. The number of imidazole rings is 1. The number of nitrogens with two attached hydrogens (primary N) is 1. The molecule has 0 saturated carbocycles. The number of esters is 1. The Hall–Kier alpha value is -3.40. The Balaban J connectivity index is 1.47. The fourth-order valence-corrected chi connectivity index (χ4v) is 3.68. The molecule has 15 heteroatoms. The molecule has 1 aliphatic heterocycles. The Kier molecular flexibility index (Phi) is 5.41. The van der Waals surface area contributed by atoms with Gasteiger partial charge in [0.2, 0.25) is 5.95 Å². The largest absolute Gasteiger partial charge is 0.459 e. The molecule has 5 N–H and O–H groups in total. The van der Waals surface area contributed by atoms with Gasteiger partial charge >= 0.3 is 16.2 Å². The van der Waals surface area contributed by atoms with Crippen LogP contribution in [0.1, 0.15) is 16.6 Å². The lowest BCUT2D eigenvalue weighted by Crippen LogP contribution is -2.34. The summed E-state index contributed by atoms with van der Waals surface area (Å²) in [5.41, 5.74) is 4.83. The molecule has 0 aliphatic carbocycles. The van der Waals surface area contributed by atoms with Gasteiger partial charge in [-0.3, -0.25) is 14.3 Å². The van der Waals surface area contributed by atoms with Crippen molar-refractivity contribution in [3.05, 3.63) is 46.5 Å². The van der Waals surface area contributed by atoms with Crippen molar-refractivity contribution in [2.75, 3.05) is 12.3 Å². The summed E-state index contributed by atoms with van der Waals surface area (Å²) in [6.45, 7) is -0.473. The molecule has 0 bridgehead atoms.